The van der Waals surface area contributed by atoms with E-state index in [1.165, 1.54) is 5.56 Å². The Kier molecular flexibility index (Phi) is 8.41. The number of amides is 1. The van der Waals surface area contributed by atoms with Crippen LogP contribution < -0.4 is 10.6 Å². The number of nitrogens with one attached hydrogen (secondary N) is 2. The van der Waals surface area contributed by atoms with Crippen molar-refractivity contribution in [3.8, 4) is 0 Å². The third-order valence-electron chi connectivity index (χ3n) is 5.41. The second kappa shape index (κ2) is 11.5. The van der Waals surface area contributed by atoms with Crippen molar-refractivity contribution >= 4 is 17.6 Å². The van der Waals surface area contributed by atoms with E-state index >= 15 is 0 Å². The molecular weight excluding hydrogens is 376 g/mol. The first-order chi connectivity index (χ1) is 14.7. The Morgan fingerprint density at radius 2 is 1.80 bits per heavy atom. The number of carbonyl (C=O) groups excluding carboxylic acids is 1. The van der Waals surface area contributed by atoms with Gasteiger partial charge in [-0.2, -0.15) is 0 Å². The highest BCUT2D eigenvalue weighted by molar-refractivity contribution is 6.09. The highest BCUT2D eigenvalue weighted by Gasteiger charge is 2.12. The van der Waals surface area contributed by atoms with Gasteiger partial charge >= 0.3 is 0 Å². The van der Waals surface area contributed by atoms with E-state index in [0.717, 1.165) is 45.0 Å². The van der Waals surface area contributed by atoms with Crippen LogP contribution in [0.5, 0.6) is 0 Å². The van der Waals surface area contributed by atoms with E-state index < -0.39 is 0 Å². The van der Waals surface area contributed by atoms with Crippen molar-refractivity contribution in [2.75, 3.05) is 44.7 Å². The standard InChI is InChI=1S/C24H32N4O2/c1-3-19(2)20-9-11-22(12-10-20)26-24(25-13-14-28-15-17-30-18-16-28)27-23(29)21-7-5-4-6-8-21/h4-12,19H,3,13-18H2,1-2H3,(H2,25,26,27,29). The molecule has 2 aromatic carbocycles. The highest BCUT2D eigenvalue weighted by atomic mass is 16.5. The molecule has 160 valence electrons. The molecule has 6 heteroatoms. The Morgan fingerprint density at radius 3 is 2.47 bits per heavy atom. The fourth-order valence-electron chi connectivity index (χ4n) is 3.27. The SMILES string of the molecule is CCC(C)c1ccc(NC(=NCCN2CCOCC2)NC(=O)c2ccccc2)cc1. The van der Waals surface area contributed by atoms with Gasteiger partial charge in [0.15, 0.2) is 0 Å². The Morgan fingerprint density at radius 1 is 1.10 bits per heavy atom. The third kappa shape index (κ3) is 6.68. The second-order valence-corrected chi connectivity index (χ2v) is 7.56. The maximum absolute atomic E-state index is 12.6. The first kappa shape index (κ1) is 22.0. The van der Waals surface area contributed by atoms with E-state index in [9.17, 15) is 4.79 Å². The average molecular weight is 409 g/mol. The van der Waals surface area contributed by atoms with Gasteiger partial charge in [-0.25, -0.2) is 0 Å². The van der Waals surface area contributed by atoms with Gasteiger partial charge in [0.05, 0.1) is 19.8 Å². The lowest BCUT2D eigenvalue weighted by Gasteiger charge is -2.25. The summed E-state index contributed by atoms with van der Waals surface area (Å²) in [5.74, 6) is 0.816. The molecule has 1 saturated heterocycles. The fraction of sp³-hybridized carbons (Fsp3) is 0.417. The topological polar surface area (TPSA) is 66.0 Å². The number of ether oxygens (including phenoxy) is 1. The van der Waals surface area contributed by atoms with Crippen molar-refractivity contribution in [3.63, 3.8) is 0 Å². The number of aliphatic imine (C=N–C) groups is 1. The molecule has 1 aliphatic heterocycles. The number of guanidine groups is 1. The minimum absolute atomic E-state index is 0.176. The largest absolute Gasteiger partial charge is 0.379 e. The van der Waals surface area contributed by atoms with Crippen molar-refractivity contribution in [3.05, 3.63) is 65.7 Å². The van der Waals surface area contributed by atoms with Crippen LogP contribution in [0.25, 0.3) is 0 Å². The van der Waals surface area contributed by atoms with Crippen LogP contribution in [0.1, 0.15) is 42.1 Å². The van der Waals surface area contributed by atoms with E-state index in [1.54, 1.807) is 12.1 Å². The molecule has 0 aromatic heterocycles. The smallest absolute Gasteiger partial charge is 0.257 e. The van der Waals surface area contributed by atoms with Gasteiger partial charge in [0.25, 0.3) is 5.91 Å². The predicted molar refractivity (Wildman–Crippen MR) is 122 cm³/mol. The summed E-state index contributed by atoms with van der Waals surface area (Å²) in [6.07, 6.45) is 1.11. The molecule has 1 amide bonds. The van der Waals surface area contributed by atoms with Crippen molar-refractivity contribution in [2.45, 2.75) is 26.2 Å². The van der Waals surface area contributed by atoms with Gasteiger partial charge in [-0.1, -0.05) is 44.2 Å². The minimum atomic E-state index is -0.176. The molecule has 0 aliphatic carbocycles. The third-order valence-corrected chi connectivity index (χ3v) is 5.41. The fourth-order valence-corrected chi connectivity index (χ4v) is 3.27. The van der Waals surface area contributed by atoms with Crippen LogP contribution in [0.2, 0.25) is 0 Å². The Bertz CT molecular complexity index is 815. The van der Waals surface area contributed by atoms with E-state index in [-0.39, 0.29) is 5.91 Å². The van der Waals surface area contributed by atoms with E-state index in [4.69, 9.17) is 4.74 Å². The predicted octanol–water partition coefficient (Wildman–Crippen LogP) is 3.73. The molecule has 2 N–H and O–H groups in total. The van der Waals surface area contributed by atoms with Crippen LogP contribution in [0.4, 0.5) is 5.69 Å². The lowest BCUT2D eigenvalue weighted by Crippen LogP contribution is -2.39. The van der Waals surface area contributed by atoms with Gasteiger partial charge in [0.2, 0.25) is 5.96 Å². The van der Waals surface area contributed by atoms with Crippen LogP contribution in [-0.4, -0.2) is 56.2 Å². The summed E-state index contributed by atoms with van der Waals surface area (Å²) in [7, 11) is 0. The minimum Gasteiger partial charge on any atom is -0.379 e. The summed E-state index contributed by atoms with van der Waals surface area (Å²) >= 11 is 0. The second-order valence-electron chi connectivity index (χ2n) is 7.56. The number of benzene rings is 2. The molecule has 0 saturated carbocycles. The van der Waals surface area contributed by atoms with Gasteiger partial charge in [-0.3, -0.25) is 20.0 Å². The van der Waals surface area contributed by atoms with Crippen LogP contribution in [0.3, 0.4) is 0 Å². The van der Waals surface area contributed by atoms with Gasteiger partial charge in [0.1, 0.15) is 0 Å². The zero-order valence-corrected chi connectivity index (χ0v) is 17.9. The van der Waals surface area contributed by atoms with E-state index in [2.05, 4.69) is 46.5 Å². The van der Waals surface area contributed by atoms with Crippen molar-refractivity contribution in [1.82, 2.24) is 10.2 Å². The molecule has 1 aliphatic rings. The summed E-state index contributed by atoms with van der Waals surface area (Å²) in [6.45, 7) is 9.23. The van der Waals surface area contributed by atoms with Gasteiger partial charge in [-0.15, -0.1) is 0 Å². The number of rotatable bonds is 7. The lowest BCUT2D eigenvalue weighted by atomic mass is 9.99. The first-order valence-electron chi connectivity index (χ1n) is 10.7. The van der Waals surface area contributed by atoms with Crippen molar-refractivity contribution in [2.24, 2.45) is 4.99 Å². The number of anilines is 1. The van der Waals surface area contributed by atoms with Crippen molar-refractivity contribution < 1.29 is 9.53 Å². The number of nitrogens with zero attached hydrogens (tertiary/aromatic N) is 2. The zero-order valence-electron chi connectivity index (χ0n) is 17.9. The summed E-state index contributed by atoms with van der Waals surface area (Å²) in [4.78, 5) is 19.6. The Hall–Kier alpha value is -2.70. The zero-order chi connectivity index (χ0) is 21.2. The van der Waals surface area contributed by atoms with Crippen LogP contribution in [-0.2, 0) is 4.74 Å². The molecule has 1 unspecified atom stereocenters. The molecule has 1 atom stereocenters. The number of hydrogen-bond acceptors (Lipinski definition) is 4. The number of morpholine rings is 1. The van der Waals surface area contributed by atoms with Crippen LogP contribution in [0.15, 0.2) is 59.6 Å². The summed E-state index contributed by atoms with van der Waals surface area (Å²) < 4.78 is 5.40. The molecule has 30 heavy (non-hydrogen) atoms. The molecule has 3 rings (SSSR count). The van der Waals surface area contributed by atoms with Crippen LogP contribution >= 0.6 is 0 Å². The lowest BCUT2D eigenvalue weighted by molar-refractivity contribution is 0.0394. The Labute approximate surface area is 179 Å². The van der Waals surface area contributed by atoms with Crippen LogP contribution in [0, 0.1) is 0 Å². The van der Waals surface area contributed by atoms with E-state index in [0.29, 0.717) is 24.0 Å². The highest BCUT2D eigenvalue weighted by Crippen LogP contribution is 2.20. The number of hydrogen-bond donors (Lipinski definition) is 2. The molecule has 1 heterocycles. The molecule has 0 radical (unpaired) electrons. The quantitative estimate of drug-likeness (QED) is 0.541. The van der Waals surface area contributed by atoms with Gasteiger partial charge in [0, 0.05) is 30.9 Å². The molecule has 1 fully saturated rings. The summed E-state index contributed by atoms with van der Waals surface area (Å²) in [5.41, 5.74) is 2.81. The maximum atomic E-state index is 12.6. The van der Waals surface area contributed by atoms with Crippen molar-refractivity contribution in [1.29, 1.82) is 0 Å². The monoisotopic (exact) mass is 408 g/mol. The summed E-state index contributed by atoms with van der Waals surface area (Å²) in [6, 6.07) is 17.5. The molecular formula is C24H32N4O2. The normalized spacial score (nSPS) is 16.1. The summed E-state index contributed by atoms with van der Waals surface area (Å²) in [5, 5.41) is 6.20. The molecule has 0 bridgehead atoms. The van der Waals surface area contributed by atoms with E-state index in [1.807, 2.05) is 30.3 Å². The molecule has 2 aromatic rings. The number of carbonyl (C=O) groups is 1. The van der Waals surface area contributed by atoms with Gasteiger partial charge in [-0.05, 0) is 42.2 Å². The maximum Gasteiger partial charge on any atom is 0.257 e. The van der Waals surface area contributed by atoms with Gasteiger partial charge < -0.3 is 10.1 Å². The first-order valence-corrected chi connectivity index (χ1v) is 10.7. The Balaban J connectivity index is 1.67. The average Bonchev–Trinajstić information content (AvgIpc) is 2.80. The molecule has 0 spiro atoms. The molecule has 6 nitrogen and oxygen atoms in total.